The molecule has 3 rings (SSSR count). The maximum absolute atomic E-state index is 13.3. The topological polar surface area (TPSA) is 104 Å². The van der Waals surface area contributed by atoms with Crippen molar-refractivity contribution in [1.29, 1.82) is 0 Å². The van der Waals surface area contributed by atoms with Crippen LogP contribution >= 0.6 is 0 Å². The summed E-state index contributed by atoms with van der Waals surface area (Å²) in [5, 5.41) is 2.77. The molecule has 2 fully saturated rings. The highest BCUT2D eigenvalue weighted by atomic mass is 32.2. The monoisotopic (exact) mass is 435 g/mol. The summed E-state index contributed by atoms with van der Waals surface area (Å²) in [6, 6.07) is 7.75. The maximum Gasteiger partial charge on any atom is 0.325 e. The number of nitrogens with zero attached hydrogens (tertiary/aromatic N) is 2. The Morgan fingerprint density at radius 1 is 1.27 bits per heavy atom. The van der Waals surface area contributed by atoms with Crippen LogP contribution < -0.4 is 5.32 Å². The lowest BCUT2D eigenvalue weighted by Gasteiger charge is -2.34. The fourth-order valence-corrected chi connectivity index (χ4v) is 6.06. The van der Waals surface area contributed by atoms with E-state index >= 15 is 0 Å². The zero-order valence-corrected chi connectivity index (χ0v) is 18.4. The van der Waals surface area contributed by atoms with E-state index in [-0.39, 0.29) is 17.5 Å². The molecular weight excluding hydrogens is 406 g/mol. The van der Waals surface area contributed by atoms with Gasteiger partial charge in [0.2, 0.25) is 5.91 Å². The van der Waals surface area contributed by atoms with Crippen LogP contribution in [0, 0.1) is 0 Å². The molecule has 3 atom stereocenters. The summed E-state index contributed by atoms with van der Waals surface area (Å²) in [7, 11) is -3.18. The molecule has 2 saturated heterocycles. The summed E-state index contributed by atoms with van der Waals surface area (Å²) < 4.78 is 23.9. The quantitative estimate of drug-likeness (QED) is 0.656. The Morgan fingerprint density at radius 2 is 1.93 bits per heavy atom. The molecule has 4 amide bonds. The molecule has 1 N–H and O–H groups in total. The van der Waals surface area contributed by atoms with Crippen LogP contribution in [0.15, 0.2) is 30.3 Å². The Morgan fingerprint density at radius 3 is 2.47 bits per heavy atom. The van der Waals surface area contributed by atoms with Crippen molar-refractivity contribution in [2.24, 2.45) is 0 Å². The van der Waals surface area contributed by atoms with Crippen molar-refractivity contribution >= 4 is 27.7 Å². The van der Waals surface area contributed by atoms with Gasteiger partial charge in [-0.1, -0.05) is 44.2 Å². The van der Waals surface area contributed by atoms with Crippen molar-refractivity contribution in [3.63, 3.8) is 0 Å². The predicted octanol–water partition coefficient (Wildman–Crippen LogP) is 1.66. The third kappa shape index (κ3) is 3.95. The minimum Gasteiger partial charge on any atom is -0.334 e. The Hall–Kier alpha value is -2.42. The Bertz CT molecular complexity index is 933. The molecule has 1 aromatic rings. The molecule has 2 aliphatic rings. The summed E-state index contributed by atoms with van der Waals surface area (Å²) in [6.07, 6.45) is 1.37. The van der Waals surface area contributed by atoms with Crippen molar-refractivity contribution in [3.05, 3.63) is 35.9 Å². The van der Waals surface area contributed by atoms with Gasteiger partial charge < -0.3 is 10.2 Å². The summed E-state index contributed by atoms with van der Waals surface area (Å²) >= 11 is 0. The Kier molecular flexibility index (Phi) is 6.21. The van der Waals surface area contributed by atoms with Gasteiger partial charge >= 0.3 is 6.03 Å². The number of urea groups is 1. The second kappa shape index (κ2) is 8.37. The van der Waals surface area contributed by atoms with Gasteiger partial charge in [-0.2, -0.15) is 0 Å². The molecule has 2 heterocycles. The third-order valence-corrected chi connectivity index (χ3v) is 7.97. The smallest absolute Gasteiger partial charge is 0.325 e. The van der Waals surface area contributed by atoms with Crippen molar-refractivity contribution in [2.75, 3.05) is 18.1 Å². The van der Waals surface area contributed by atoms with Gasteiger partial charge in [0.15, 0.2) is 9.84 Å². The van der Waals surface area contributed by atoms with Gasteiger partial charge in [0.25, 0.3) is 5.91 Å². The molecule has 0 bridgehead atoms. The maximum atomic E-state index is 13.3. The molecule has 0 aromatic heterocycles. The molecule has 0 aliphatic carbocycles. The van der Waals surface area contributed by atoms with Gasteiger partial charge in [-0.05, 0) is 31.7 Å². The van der Waals surface area contributed by atoms with Crippen molar-refractivity contribution in [2.45, 2.75) is 57.7 Å². The van der Waals surface area contributed by atoms with E-state index < -0.39 is 45.8 Å². The lowest BCUT2D eigenvalue weighted by molar-refractivity contribution is -0.141. The first-order valence-corrected chi connectivity index (χ1v) is 12.2. The average Bonchev–Trinajstić information content (AvgIpc) is 3.20. The molecule has 2 aliphatic heterocycles. The summed E-state index contributed by atoms with van der Waals surface area (Å²) in [5.74, 6) is -0.896. The van der Waals surface area contributed by atoms with Gasteiger partial charge in [0.1, 0.15) is 12.1 Å². The first-order chi connectivity index (χ1) is 14.1. The fraction of sp³-hybridized carbons (Fsp3) is 0.571. The van der Waals surface area contributed by atoms with Crippen LogP contribution in [0.5, 0.6) is 0 Å². The summed E-state index contributed by atoms with van der Waals surface area (Å²) in [4.78, 5) is 41.6. The second-order valence-corrected chi connectivity index (χ2v) is 10.3. The number of imide groups is 1. The van der Waals surface area contributed by atoms with Gasteiger partial charge in [0.05, 0.1) is 11.5 Å². The number of carbonyl (C=O) groups is 3. The van der Waals surface area contributed by atoms with Crippen LogP contribution in [0.2, 0.25) is 0 Å². The van der Waals surface area contributed by atoms with Crippen LogP contribution in [-0.4, -0.2) is 66.2 Å². The van der Waals surface area contributed by atoms with E-state index in [0.717, 1.165) is 4.90 Å². The largest absolute Gasteiger partial charge is 0.334 e. The molecule has 164 valence electrons. The number of hydrogen-bond acceptors (Lipinski definition) is 5. The van der Waals surface area contributed by atoms with Gasteiger partial charge in [-0.15, -0.1) is 0 Å². The number of amides is 4. The highest BCUT2D eigenvalue weighted by molar-refractivity contribution is 7.91. The number of sulfone groups is 1. The van der Waals surface area contributed by atoms with Crippen molar-refractivity contribution < 1.29 is 22.8 Å². The molecule has 0 spiro atoms. The highest BCUT2D eigenvalue weighted by Crippen LogP contribution is 2.32. The van der Waals surface area contributed by atoms with E-state index in [4.69, 9.17) is 0 Å². The van der Waals surface area contributed by atoms with Gasteiger partial charge in [-0.3, -0.25) is 14.5 Å². The molecule has 0 saturated carbocycles. The van der Waals surface area contributed by atoms with Gasteiger partial charge in [0, 0.05) is 12.1 Å². The second-order valence-electron chi connectivity index (χ2n) is 8.06. The Labute approximate surface area is 177 Å². The fourth-order valence-electron chi connectivity index (χ4n) is 4.35. The Balaban J connectivity index is 1.84. The summed E-state index contributed by atoms with van der Waals surface area (Å²) in [5.41, 5.74) is -0.530. The first kappa shape index (κ1) is 22.3. The summed E-state index contributed by atoms with van der Waals surface area (Å²) in [6.45, 7) is 5.18. The zero-order chi connectivity index (χ0) is 22.1. The molecule has 9 heteroatoms. The number of hydrogen-bond donors (Lipinski definition) is 1. The zero-order valence-electron chi connectivity index (χ0n) is 17.6. The minimum absolute atomic E-state index is 0.0496. The lowest BCUT2D eigenvalue weighted by Crippen LogP contribution is -2.51. The molecule has 8 nitrogen and oxygen atoms in total. The standard InChI is InChI=1S/C21H29N3O5S/c1-4-15(3)24(17-11-12-30(28,29)14-17)18(25)13-23-19(26)21(5-2,22-20(23)27)16-9-7-6-8-10-16/h6-10,15,17H,4-5,11-14H2,1-3H3,(H,22,27). The van der Waals surface area contributed by atoms with E-state index in [1.54, 1.807) is 29.2 Å². The number of benzene rings is 1. The van der Waals surface area contributed by atoms with E-state index in [2.05, 4.69) is 5.32 Å². The third-order valence-electron chi connectivity index (χ3n) is 6.22. The molecular formula is C21H29N3O5S. The SMILES string of the molecule is CCC(C)N(C(=O)CN1C(=O)NC(CC)(c2ccccc2)C1=O)C1CCS(=O)(=O)C1. The predicted molar refractivity (Wildman–Crippen MR) is 112 cm³/mol. The lowest BCUT2D eigenvalue weighted by atomic mass is 9.87. The highest BCUT2D eigenvalue weighted by Gasteiger charge is 2.52. The van der Waals surface area contributed by atoms with E-state index in [0.29, 0.717) is 24.8 Å². The van der Waals surface area contributed by atoms with E-state index in [1.807, 2.05) is 26.8 Å². The van der Waals surface area contributed by atoms with Crippen molar-refractivity contribution in [1.82, 2.24) is 15.1 Å². The number of rotatable bonds is 7. The van der Waals surface area contributed by atoms with Crippen LogP contribution in [0.1, 0.15) is 45.6 Å². The van der Waals surface area contributed by atoms with Crippen molar-refractivity contribution in [3.8, 4) is 0 Å². The minimum atomic E-state index is -3.18. The molecule has 30 heavy (non-hydrogen) atoms. The van der Waals surface area contributed by atoms with Crippen LogP contribution in [0.3, 0.4) is 0 Å². The van der Waals surface area contributed by atoms with Crippen LogP contribution in [-0.2, 0) is 25.0 Å². The first-order valence-electron chi connectivity index (χ1n) is 10.4. The van der Waals surface area contributed by atoms with E-state index in [1.165, 1.54) is 0 Å². The van der Waals surface area contributed by atoms with E-state index in [9.17, 15) is 22.8 Å². The molecule has 3 unspecified atom stereocenters. The molecule has 0 radical (unpaired) electrons. The number of nitrogens with one attached hydrogen (secondary N) is 1. The van der Waals surface area contributed by atoms with Crippen LogP contribution in [0.25, 0.3) is 0 Å². The average molecular weight is 436 g/mol. The van der Waals surface area contributed by atoms with Crippen LogP contribution in [0.4, 0.5) is 4.79 Å². The number of carbonyl (C=O) groups excluding carboxylic acids is 3. The normalized spacial score (nSPS) is 26.5. The van der Waals surface area contributed by atoms with Gasteiger partial charge in [-0.25, -0.2) is 13.2 Å². The molecule has 1 aromatic carbocycles.